The number of hydrogen-bond acceptors (Lipinski definition) is 5. The summed E-state index contributed by atoms with van der Waals surface area (Å²) >= 11 is 0. The summed E-state index contributed by atoms with van der Waals surface area (Å²) in [6.45, 7) is -0.390. The van der Waals surface area contributed by atoms with Gasteiger partial charge in [-0.1, -0.05) is 24.3 Å². The lowest BCUT2D eigenvalue weighted by atomic mass is 10.2. The average molecular weight is 341 g/mol. The van der Waals surface area contributed by atoms with Crippen molar-refractivity contribution in [2.75, 3.05) is 26.1 Å². The molecule has 0 heterocycles. The van der Waals surface area contributed by atoms with E-state index in [1.807, 2.05) is 12.1 Å². The Morgan fingerprint density at radius 3 is 2.60 bits per heavy atom. The molecule has 0 spiro atoms. The molecule has 2 aromatic rings. The van der Waals surface area contributed by atoms with Gasteiger partial charge in [0.25, 0.3) is 5.91 Å². The zero-order valence-corrected chi connectivity index (χ0v) is 14.0. The second-order valence-corrected chi connectivity index (χ2v) is 4.97. The molecule has 0 aliphatic rings. The van der Waals surface area contributed by atoms with Crippen molar-refractivity contribution < 1.29 is 23.8 Å². The minimum atomic E-state index is -0.613. The van der Waals surface area contributed by atoms with Gasteiger partial charge in [-0.05, 0) is 35.9 Å². The van der Waals surface area contributed by atoms with Gasteiger partial charge in [0.1, 0.15) is 11.5 Å². The molecule has 1 N–H and O–H groups in total. The number of amides is 1. The lowest BCUT2D eigenvalue weighted by Crippen LogP contribution is -2.20. The molecule has 2 rings (SSSR count). The molecule has 0 aromatic heterocycles. The van der Waals surface area contributed by atoms with Gasteiger partial charge >= 0.3 is 5.97 Å². The Kier molecular flexibility index (Phi) is 6.59. The van der Waals surface area contributed by atoms with E-state index in [0.29, 0.717) is 17.2 Å². The Morgan fingerprint density at radius 1 is 1.04 bits per heavy atom. The molecule has 2 aromatic carbocycles. The minimum Gasteiger partial charge on any atom is -0.497 e. The Balaban J connectivity index is 1.84. The first-order valence-corrected chi connectivity index (χ1v) is 7.54. The standard InChI is InChI=1S/C19H19NO5/c1-23-15-7-5-6-14(12-15)10-11-19(22)25-13-18(21)20-16-8-3-4-9-17(16)24-2/h3-12H,13H2,1-2H3,(H,20,21). The molecule has 0 unspecified atom stereocenters. The van der Waals surface area contributed by atoms with Gasteiger partial charge in [0.15, 0.2) is 6.61 Å². The third-order valence-corrected chi connectivity index (χ3v) is 3.23. The van der Waals surface area contributed by atoms with Gasteiger partial charge in [0.05, 0.1) is 19.9 Å². The highest BCUT2D eigenvalue weighted by Crippen LogP contribution is 2.22. The van der Waals surface area contributed by atoms with Crippen molar-refractivity contribution in [3.8, 4) is 11.5 Å². The third-order valence-electron chi connectivity index (χ3n) is 3.23. The number of carbonyl (C=O) groups excluding carboxylic acids is 2. The van der Waals surface area contributed by atoms with E-state index in [0.717, 1.165) is 5.56 Å². The van der Waals surface area contributed by atoms with Gasteiger partial charge in [-0.3, -0.25) is 4.79 Å². The lowest BCUT2D eigenvalue weighted by molar-refractivity contribution is -0.142. The van der Waals surface area contributed by atoms with E-state index in [-0.39, 0.29) is 6.61 Å². The molecular formula is C19H19NO5. The highest BCUT2D eigenvalue weighted by Gasteiger charge is 2.08. The van der Waals surface area contributed by atoms with E-state index in [2.05, 4.69) is 5.32 Å². The van der Waals surface area contributed by atoms with E-state index in [1.165, 1.54) is 13.2 Å². The van der Waals surface area contributed by atoms with Crippen molar-refractivity contribution in [1.82, 2.24) is 0 Å². The largest absolute Gasteiger partial charge is 0.497 e. The van der Waals surface area contributed by atoms with Crippen molar-refractivity contribution in [2.45, 2.75) is 0 Å². The number of ether oxygens (including phenoxy) is 3. The van der Waals surface area contributed by atoms with Crippen LogP contribution < -0.4 is 14.8 Å². The van der Waals surface area contributed by atoms with E-state index in [4.69, 9.17) is 14.2 Å². The van der Waals surface area contributed by atoms with Gasteiger partial charge in [0, 0.05) is 6.08 Å². The van der Waals surface area contributed by atoms with E-state index < -0.39 is 11.9 Å². The first-order chi connectivity index (χ1) is 12.1. The smallest absolute Gasteiger partial charge is 0.331 e. The van der Waals surface area contributed by atoms with Crippen LogP contribution in [0.2, 0.25) is 0 Å². The predicted octanol–water partition coefficient (Wildman–Crippen LogP) is 2.90. The van der Waals surface area contributed by atoms with Crippen molar-refractivity contribution in [2.24, 2.45) is 0 Å². The number of esters is 1. The molecular weight excluding hydrogens is 322 g/mol. The molecule has 0 atom stereocenters. The summed E-state index contributed by atoms with van der Waals surface area (Å²) in [6, 6.07) is 14.2. The maximum Gasteiger partial charge on any atom is 0.331 e. The molecule has 0 aliphatic carbocycles. The summed E-state index contributed by atoms with van der Waals surface area (Å²) in [6.07, 6.45) is 2.84. The Morgan fingerprint density at radius 2 is 1.84 bits per heavy atom. The molecule has 0 radical (unpaired) electrons. The quantitative estimate of drug-likeness (QED) is 0.619. The second-order valence-electron chi connectivity index (χ2n) is 4.97. The maximum absolute atomic E-state index is 11.9. The van der Waals surface area contributed by atoms with Gasteiger partial charge in [-0.25, -0.2) is 4.79 Å². The fraction of sp³-hybridized carbons (Fsp3) is 0.158. The van der Waals surface area contributed by atoms with Gasteiger partial charge in [0.2, 0.25) is 0 Å². The SMILES string of the molecule is COc1cccc(C=CC(=O)OCC(=O)Nc2ccccc2OC)c1. The van der Waals surface area contributed by atoms with Crippen molar-refractivity contribution in [1.29, 1.82) is 0 Å². The van der Waals surface area contributed by atoms with E-state index >= 15 is 0 Å². The summed E-state index contributed by atoms with van der Waals surface area (Å²) in [5, 5.41) is 2.62. The number of anilines is 1. The zero-order valence-electron chi connectivity index (χ0n) is 14.0. The highest BCUT2D eigenvalue weighted by molar-refractivity contribution is 5.95. The molecule has 1 amide bonds. The molecule has 0 fully saturated rings. The maximum atomic E-state index is 11.9. The number of carbonyl (C=O) groups is 2. The number of hydrogen-bond donors (Lipinski definition) is 1. The van der Waals surface area contributed by atoms with Gasteiger partial charge < -0.3 is 19.5 Å². The van der Waals surface area contributed by atoms with Crippen LogP contribution in [-0.2, 0) is 14.3 Å². The average Bonchev–Trinajstić information content (AvgIpc) is 2.65. The summed E-state index contributed by atoms with van der Waals surface area (Å²) in [7, 11) is 3.08. The number of rotatable bonds is 7. The Bertz CT molecular complexity index is 770. The van der Waals surface area contributed by atoms with Crippen LogP contribution in [0, 0.1) is 0 Å². The van der Waals surface area contributed by atoms with Crippen molar-refractivity contribution >= 4 is 23.6 Å². The number of benzene rings is 2. The van der Waals surface area contributed by atoms with Crippen LogP contribution in [0.5, 0.6) is 11.5 Å². The minimum absolute atomic E-state index is 0.390. The monoisotopic (exact) mass is 341 g/mol. The molecule has 0 saturated carbocycles. The molecule has 6 heteroatoms. The van der Waals surface area contributed by atoms with Crippen molar-refractivity contribution in [3.63, 3.8) is 0 Å². The summed E-state index contributed by atoms with van der Waals surface area (Å²) in [5.74, 6) is 0.150. The lowest BCUT2D eigenvalue weighted by Gasteiger charge is -2.09. The predicted molar refractivity (Wildman–Crippen MR) is 94.6 cm³/mol. The van der Waals surface area contributed by atoms with E-state index in [9.17, 15) is 9.59 Å². The zero-order chi connectivity index (χ0) is 18.1. The summed E-state index contributed by atoms with van der Waals surface area (Å²) in [5.41, 5.74) is 1.30. The third kappa shape index (κ3) is 5.69. The molecule has 6 nitrogen and oxygen atoms in total. The molecule has 25 heavy (non-hydrogen) atoms. The van der Waals surface area contributed by atoms with Crippen LogP contribution in [0.25, 0.3) is 6.08 Å². The topological polar surface area (TPSA) is 73.9 Å². The molecule has 0 saturated heterocycles. The second kappa shape index (κ2) is 9.12. The molecule has 130 valence electrons. The Labute approximate surface area is 146 Å². The van der Waals surface area contributed by atoms with Gasteiger partial charge in [-0.2, -0.15) is 0 Å². The van der Waals surface area contributed by atoms with Crippen LogP contribution in [0.1, 0.15) is 5.56 Å². The molecule has 0 bridgehead atoms. The normalized spacial score (nSPS) is 10.3. The summed E-state index contributed by atoms with van der Waals surface area (Å²) in [4.78, 5) is 23.6. The first-order valence-electron chi connectivity index (χ1n) is 7.54. The number of methoxy groups -OCH3 is 2. The van der Waals surface area contributed by atoms with Crippen molar-refractivity contribution in [3.05, 3.63) is 60.2 Å². The van der Waals surface area contributed by atoms with E-state index in [1.54, 1.807) is 49.6 Å². The van der Waals surface area contributed by atoms with Crippen LogP contribution in [0.4, 0.5) is 5.69 Å². The van der Waals surface area contributed by atoms with Crippen LogP contribution >= 0.6 is 0 Å². The van der Waals surface area contributed by atoms with Crippen LogP contribution in [0.3, 0.4) is 0 Å². The first kappa shape index (κ1) is 18.1. The molecule has 0 aliphatic heterocycles. The van der Waals surface area contributed by atoms with Crippen LogP contribution in [0.15, 0.2) is 54.6 Å². The Hall–Kier alpha value is -3.28. The van der Waals surface area contributed by atoms with Crippen LogP contribution in [-0.4, -0.2) is 32.7 Å². The summed E-state index contributed by atoms with van der Waals surface area (Å²) < 4.78 is 15.2. The fourth-order valence-corrected chi connectivity index (χ4v) is 2.03. The number of nitrogens with one attached hydrogen (secondary N) is 1. The van der Waals surface area contributed by atoms with Gasteiger partial charge in [-0.15, -0.1) is 0 Å². The fourth-order valence-electron chi connectivity index (χ4n) is 2.03. The number of para-hydroxylation sites is 2. The highest BCUT2D eigenvalue weighted by atomic mass is 16.5.